The number of methoxy groups -OCH3 is 2. The predicted octanol–water partition coefficient (Wildman–Crippen LogP) is 4.16. The van der Waals surface area contributed by atoms with Crippen molar-refractivity contribution >= 4 is 22.6 Å². The number of carbonyl (C=O) groups excluding carboxylic acids is 1. The number of benzene rings is 1. The van der Waals surface area contributed by atoms with Crippen LogP contribution in [-0.4, -0.2) is 34.9 Å². The van der Waals surface area contributed by atoms with Crippen LogP contribution in [-0.2, 0) is 0 Å². The van der Waals surface area contributed by atoms with Crippen molar-refractivity contribution in [2.75, 3.05) is 19.5 Å². The number of hydrogen-bond acceptors (Lipinski definition) is 5. The van der Waals surface area contributed by atoms with E-state index in [1.54, 1.807) is 38.6 Å². The molecule has 7 heteroatoms. The molecule has 1 saturated carbocycles. The molecule has 1 amide bonds. The number of rotatable bonds is 6. The molecule has 2 aromatic heterocycles. The summed E-state index contributed by atoms with van der Waals surface area (Å²) in [5, 5.41) is 8.17. The first-order valence-electron chi connectivity index (χ1n) is 9.43. The molecule has 28 heavy (non-hydrogen) atoms. The first-order chi connectivity index (χ1) is 13.5. The van der Waals surface area contributed by atoms with E-state index in [-0.39, 0.29) is 11.9 Å². The van der Waals surface area contributed by atoms with Crippen LogP contribution in [0.2, 0.25) is 0 Å². The van der Waals surface area contributed by atoms with Gasteiger partial charge in [0.2, 0.25) is 0 Å². The molecule has 0 unspecified atom stereocenters. The van der Waals surface area contributed by atoms with Crippen LogP contribution >= 0.6 is 0 Å². The Kier molecular flexibility index (Phi) is 4.66. The van der Waals surface area contributed by atoms with Gasteiger partial charge in [0.25, 0.3) is 5.91 Å². The van der Waals surface area contributed by atoms with E-state index >= 15 is 0 Å². The van der Waals surface area contributed by atoms with Crippen LogP contribution in [0.1, 0.15) is 54.7 Å². The standard InChI is InChI=1S/C21H24N4O3/c1-12(2)25-20-16(11-22-25)15(10-18(23-20)13-5-6-13)21(26)24-17-8-7-14(27-3)9-19(17)28-4/h7-13H,5-6H2,1-4H3,(H,24,26). The number of ether oxygens (including phenoxy) is 2. The lowest BCUT2D eigenvalue weighted by atomic mass is 10.1. The third kappa shape index (κ3) is 3.28. The largest absolute Gasteiger partial charge is 0.497 e. The van der Waals surface area contributed by atoms with Crippen LogP contribution in [0.3, 0.4) is 0 Å². The SMILES string of the molecule is COc1ccc(NC(=O)c2cc(C3CC3)nc3c2cnn3C(C)C)c(OC)c1. The molecule has 0 saturated heterocycles. The smallest absolute Gasteiger partial charge is 0.256 e. The molecule has 7 nitrogen and oxygen atoms in total. The minimum Gasteiger partial charge on any atom is -0.497 e. The maximum atomic E-state index is 13.2. The van der Waals surface area contributed by atoms with Crippen molar-refractivity contribution in [2.45, 2.75) is 38.6 Å². The molecular weight excluding hydrogens is 356 g/mol. The third-order valence-electron chi connectivity index (χ3n) is 4.97. The number of anilines is 1. The molecule has 4 rings (SSSR count). The number of hydrogen-bond donors (Lipinski definition) is 1. The quantitative estimate of drug-likeness (QED) is 0.695. The summed E-state index contributed by atoms with van der Waals surface area (Å²) in [6.45, 7) is 4.11. The minimum atomic E-state index is -0.207. The number of pyridine rings is 1. The molecule has 1 aliphatic carbocycles. The Hall–Kier alpha value is -3.09. The van der Waals surface area contributed by atoms with Gasteiger partial charge in [0.15, 0.2) is 5.65 Å². The molecule has 0 spiro atoms. The molecule has 1 aromatic carbocycles. The number of nitrogens with zero attached hydrogens (tertiary/aromatic N) is 3. The van der Waals surface area contributed by atoms with Gasteiger partial charge in [-0.25, -0.2) is 9.67 Å². The van der Waals surface area contributed by atoms with Crippen molar-refractivity contribution < 1.29 is 14.3 Å². The molecule has 1 aliphatic rings. The summed E-state index contributed by atoms with van der Waals surface area (Å²) < 4.78 is 12.5. The van der Waals surface area contributed by atoms with Crippen LogP contribution < -0.4 is 14.8 Å². The van der Waals surface area contributed by atoms with Crippen molar-refractivity contribution in [1.82, 2.24) is 14.8 Å². The molecule has 2 heterocycles. The highest BCUT2D eigenvalue weighted by Gasteiger charge is 2.28. The predicted molar refractivity (Wildman–Crippen MR) is 107 cm³/mol. The average Bonchev–Trinajstić information content (AvgIpc) is 3.46. The second kappa shape index (κ2) is 7.14. The summed E-state index contributed by atoms with van der Waals surface area (Å²) in [4.78, 5) is 18.0. The Morgan fingerprint density at radius 1 is 1.21 bits per heavy atom. The Balaban J connectivity index is 1.75. The van der Waals surface area contributed by atoms with Gasteiger partial charge in [0.1, 0.15) is 11.5 Å². The monoisotopic (exact) mass is 380 g/mol. The zero-order valence-electron chi connectivity index (χ0n) is 16.5. The summed E-state index contributed by atoms with van der Waals surface area (Å²) in [5.41, 5.74) is 2.88. The average molecular weight is 380 g/mol. The van der Waals surface area contributed by atoms with Gasteiger partial charge in [-0.1, -0.05) is 0 Å². The Morgan fingerprint density at radius 2 is 2.00 bits per heavy atom. The first kappa shape index (κ1) is 18.3. The topological polar surface area (TPSA) is 78.3 Å². The Morgan fingerprint density at radius 3 is 2.64 bits per heavy atom. The fraction of sp³-hybridized carbons (Fsp3) is 0.381. The summed E-state index contributed by atoms with van der Waals surface area (Å²) in [5.74, 6) is 1.43. The van der Waals surface area contributed by atoms with E-state index in [0.717, 1.165) is 29.6 Å². The van der Waals surface area contributed by atoms with E-state index in [0.29, 0.717) is 28.7 Å². The Bertz CT molecular complexity index is 1040. The molecule has 1 N–H and O–H groups in total. The van der Waals surface area contributed by atoms with E-state index in [4.69, 9.17) is 14.5 Å². The summed E-state index contributed by atoms with van der Waals surface area (Å²) >= 11 is 0. The van der Waals surface area contributed by atoms with E-state index < -0.39 is 0 Å². The van der Waals surface area contributed by atoms with E-state index in [2.05, 4.69) is 24.3 Å². The fourth-order valence-electron chi connectivity index (χ4n) is 3.28. The van der Waals surface area contributed by atoms with E-state index in [1.807, 2.05) is 10.7 Å². The third-order valence-corrected chi connectivity index (χ3v) is 4.97. The number of carbonyl (C=O) groups is 1. The second-order valence-corrected chi connectivity index (χ2v) is 7.31. The highest BCUT2D eigenvalue weighted by molar-refractivity contribution is 6.12. The van der Waals surface area contributed by atoms with Crippen LogP contribution in [0.4, 0.5) is 5.69 Å². The number of nitrogens with one attached hydrogen (secondary N) is 1. The molecule has 0 aliphatic heterocycles. The second-order valence-electron chi connectivity index (χ2n) is 7.31. The summed E-state index contributed by atoms with van der Waals surface area (Å²) in [7, 11) is 3.15. The zero-order chi connectivity index (χ0) is 19.8. The van der Waals surface area contributed by atoms with Gasteiger partial charge in [-0.3, -0.25) is 4.79 Å². The zero-order valence-corrected chi connectivity index (χ0v) is 16.5. The lowest BCUT2D eigenvalue weighted by Crippen LogP contribution is -2.14. The number of fused-ring (bicyclic) bond motifs is 1. The van der Waals surface area contributed by atoms with Gasteiger partial charge in [-0.05, 0) is 44.9 Å². The fourth-order valence-corrected chi connectivity index (χ4v) is 3.28. The van der Waals surface area contributed by atoms with Crippen LogP contribution in [0.25, 0.3) is 11.0 Å². The van der Waals surface area contributed by atoms with Crippen LogP contribution in [0.15, 0.2) is 30.5 Å². The van der Waals surface area contributed by atoms with Crippen molar-refractivity contribution in [3.05, 3.63) is 41.7 Å². The molecule has 1 fully saturated rings. The highest BCUT2D eigenvalue weighted by Crippen LogP contribution is 2.40. The Labute approximate surface area is 163 Å². The molecule has 0 atom stereocenters. The van der Waals surface area contributed by atoms with Crippen molar-refractivity contribution in [3.8, 4) is 11.5 Å². The minimum absolute atomic E-state index is 0.164. The molecule has 0 bridgehead atoms. The maximum absolute atomic E-state index is 13.2. The van der Waals surface area contributed by atoms with Gasteiger partial charge in [0.05, 0.1) is 37.1 Å². The van der Waals surface area contributed by atoms with Crippen LogP contribution in [0.5, 0.6) is 11.5 Å². The van der Waals surface area contributed by atoms with Crippen molar-refractivity contribution in [3.63, 3.8) is 0 Å². The normalized spacial score (nSPS) is 13.8. The molecule has 146 valence electrons. The van der Waals surface area contributed by atoms with Gasteiger partial charge in [-0.2, -0.15) is 5.10 Å². The van der Waals surface area contributed by atoms with Crippen molar-refractivity contribution in [2.24, 2.45) is 0 Å². The van der Waals surface area contributed by atoms with Gasteiger partial charge >= 0.3 is 0 Å². The lowest BCUT2D eigenvalue weighted by Gasteiger charge is -2.13. The summed E-state index contributed by atoms with van der Waals surface area (Å²) in [6, 6.07) is 7.36. The first-order valence-corrected chi connectivity index (χ1v) is 9.43. The molecular formula is C21H24N4O3. The van der Waals surface area contributed by atoms with Gasteiger partial charge in [-0.15, -0.1) is 0 Å². The lowest BCUT2D eigenvalue weighted by molar-refractivity contribution is 0.102. The van der Waals surface area contributed by atoms with E-state index in [9.17, 15) is 4.79 Å². The van der Waals surface area contributed by atoms with Crippen molar-refractivity contribution in [1.29, 1.82) is 0 Å². The number of aromatic nitrogens is 3. The van der Waals surface area contributed by atoms with Gasteiger partial charge in [0, 0.05) is 23.7 Å². The van der Waals surface area contributed by atoms with E-state index in [1.165, 1.54) is 0 Å². The van der Waals surface area contributed by atoms with Crippen LogP contribution in [0, 0.1) is 0 Å². The molecule has 3 aromatic rings. The highest BCUT2D eigenvalue weighted by atomic mass is 16.5. The molecule has 0 radical (unpaired) electrons. The van der Waals surface area contributed by atoms with Gasteiger partial charge < -0.3 is 14.8 Å². The summed E-state index contributed by atoms with van der Waals surface area (Å²) in [6.07, 6.45) is 3.95. The maximum Gasteiger partial charge on any atom is 0.256 e. The number of amides is 1.